The van der Waals surface area contributed by atoms with Crippen LogP contribution >= 0.6 is 0 Å². The molecule has 2 N–H and O–H groups in total. The maximum Gasteiger partial charge on any atom is 0.333 e. The third-order valence-corrected chi connectivity index (χ3v) is 2.17. The van der Waals surface area contributed by atoms with Crippen molar-refractivity contribution in [1.29, 1.82) is 0 Å². The maximum atomic E-state index is 11.2. The van der Waals surface area contributed by atoms with Crippen LogP contribution in [0.5, 0.6) is 0 Å². The fraction of sp³-hybridized carbons (Fsp3) is 0.750. The van der Waals surface area contributed by atoms with Crippen LogP contribution in [0.2, 0.25) is 0 Å². The van der Waals surface area contributed by atoms with E-state index in [1.807, 2.05) is 0 Å². The number of ether oxygens (including phenoxy) is 2. The first kappa shape index (κ1) is 16.1. The number of aliphatic hydroxyl groups is 2. The quantitative estimate of drug-likeness (QED) is 0.355. The Morgan fingerprint density at radius 1 is 1.35 bits per heavy atom. The predicted octanol–water partition coefficient (Wildman–Crippen LogP) is 0.646. The van der Waals surface area contributed by atoms with E-state index in [9.17, 15) is 9.90 Å². The standard InChI is InChI=1S/C12H22O5/c1-3-10(2)12(15)17-9-11(14)8-16-7-5-4-6-13/h3,11,13-14H,4-9H2,1-2H3. The van der Waals surface area contributed by atoms with Gasteiger partial charge in [-0.3, -0.25) is 0 Å². The van der Waals surface area contributed by atoms with Crippen molar-refractivity contribution in [2.45, 2.75) is 32.8 Å². The highest BCUT2D eigenvalue weighted by molar-refractivity contribution is 5.87. The lowest BCUT2D eigenvalue weighted by atomic mass is 10.3. The van der Waals surface area contributed by atoms with Crippen molar-refractivity contribution in [1.82, 2.24) is 0 Å². The van der Waals surface area contributed by atoms with Crippen molar-refractivity contribution in [2.75, 3.05) is 26.4 Å². The number of carbonyl (C=O) groups is 1. The van der Waals surface area contributed by atoms with Gasteiger partial charge in [0.25, 0.3) is 0 Å². The fourth-order valence-corrected chi connectivity index (χ4v) is 0.987. The normalized spacial score (nSPS) is 13.5. The molecule has 0 radical (unpaired) electrons. The van der Waals surface area contributed by atoms with E-state index in [2.05, 4.69) is 0 Å². The third kappa shape index (κ3) is 8.85. The summed E-state index contributed by atoms with van der Waals surface area (Å²) in [7, 11) is 0. The van der Waals surface area contributed by atoms with Gasteiger partial charge in [0.2, 0.25) is 0 Å². The molecule has 17 heavy (non-hydrogen) atoms. The van der Waals surface area contributed by atoms with Crippen LogP contribution in [-0.2, 0) is 14.3 Å². The lowest BCUT2D eigenvalue weighted by Gasteiger charge is -2.11. The fourth-order valence-electron chi connectivity index (χ4n) is 0.987. The number of rotatable bonds is 9. The molecule has 0 rings (SSSR count). The molecule has 1 unspecified atom stereocenters. The van der Waals surface area contributed by atoms with Crippen LogP contribution in [0.1, 0.15) is 26.7 Å². The van der Waals surface area contributed by atoms with Gasteiger partial charge in [-0.15, -0.1) is 0 Å². The molecule has 0 aromatic heterocycles. The van der Waals surface area contributed by atoms with Crippen LogP contribution in [0.3, 0.4) is 0 Å². The molecule has 0 bridgehead atoms. The predicted molar refractivity (Wildman–Crippen MR) is 63.5 cm³/mol. The molecule has 0 aliphatic rings. The highest BCUT2D eigenvalue weighted by Gasteiger charge is 2.09. The summed E-state index contributed by atoms with van der Waals surface area (Å²) in [6.07, 6.45) is 2.28. The highest BCUT2D eigenvalue weighted by atomic mass is 16.5. The van der Waals surface area contributed by atoms with E-state index in [-0.39, 0.29) is 19.8 Å². The molecule has 0 saturated carbocycles. The zero-order chi connectivity index (χ0) is 13.1. The van der Waals surface area contributed by atoms with Crippen molar-refractivity contribution in [3.63, 3.8) is 0 Å². The first-order chi connectivity index (χ1) is 8.11. The van der Waals surface area contributed by atoms with E-state index in [4.69, 9.17) is 14.6 Å². The lowest BCUT2D eigenvalue weighted by molar-refractivity contribution is -0.143. The van der Waals surface area contributed by atoms with Gasteiger partial charge in [0, 0.05) is 18.8 Å². The van der Waals surface area contributed by atoms with Crippen LogP contribution < -0.4 is 0 Å². The molecule has 0 aromatic rings. The van der Waals surface area contributed by atoms with Crippen molar-refractivity contribution in [2.24, 2.45) is 0 Å². The maximum absolute atomic E-state index is 11.2. The van der Waals surface area contributed by atoms with Crippen molar-refractivity contribution in [3.8, 4) is 0 Å². The molecular formula is C12H22O5. The molecule has 0 heterocycles. The van der Waals surface area contributed by atoms with Crippen molar-refractivity contribution in [3.05, 3.63) is 11.6 Å². The molecule has 0 fully saturated rings. The van der Waals surface area contributed by atoms with Crippen molar-refractivity contribution >= 4 is 5.97 Å². The summed E-state index contributed by atoms with van der Waals surface area (Å²) in [5, 5.41) is 18.0. The highest BCUT2D eigenvalue weighted by Crippen LogP contribution is 1.98. The topological polar surface area (TPSA) is 76.0 Å². The Labute approximate surface area is 102 Å². The Balaban J connectivity index is 3.52. The Kier molecular flexibility index (Phi) is 9.71. The van der Waals surface area contributed by atoms with Gasteiger partial charge in [-0.2, -0.15) is 0 Å². The van der Waals surface area contributed by atoms with E-state index in [0.29, 0.717) is 18.6 Å². The Hall–Kier alpha value is -0.910. The molecule has 5 heteroatoms. The van der Waals surface area contributed by atoms with Gasteiger partial charge in [0.1, 0.15) is 12.7 Å². The number of aliphatic hydroxyl groups excluding tert-OH is 2. The van der Waals surface area contributed by atoms with E-state index >= 15 is 0 Å². The zero-order valence-corrected chi connectivity index (χ0v) is 10.5. The van der Waals surface area contributed by atoms with Gasteiger partial charge < -0.3 is 19.7 Å². The van der Waals surface area contributed by atoms with Crippen LogP contribution in [-0.4, -0.2) is 48.7 Å². The SMILES string of the molecule is CC=C(C)C(=O)OCC(O)COCCCCO. The van der Waals surface area contributed by atoms with E-state index in [0.717, 1.165) is 6.42 Å². The summed E-state index contributed by atoms with van der Waals surface area (Å²) in [5.74, 6) is -0.424. The summed E-state index contributed by atoms with van der Waals surface area (Å²) in [4.78, 5) is 11.2. The first-order valence-electron chi connectivity index (χ1n) is 5.78. The number of hydrogen-bond acceptors (Lipinski definition) is 5. The largest absolute Gasteiger partial charge is 0.459 e. The van der Waals surface area contributed by atoms with E-state index in [1.165, 1.54) is 0 Å². The molecule has 0 aliphatic carbocycles. The molecule has 1 atom stereocenters. The van der Waals surface area contributed by atoms with Crippen LogP contribution in [0.25, 0.3) is 0 Å². The van der Waals surface area contributed by atoms with Crippen molar-refractivity contribution < 1.29 is 24.5 Å². The second-order valence-corrected chi connectivity index (χ2v) is 3.73. The zero-order valence-electron chi connectivity index (χ0n) is 10.5. The van der Waals surface area contributed by atoms with Gasteiger partial charge in [0.15, 0.2) is 0 Å². The third-order valence-electron chi connectivity index (χ3n) is 2.17. The monoisotopic (exact) mass is 246 g/mol. The minimum absolute atomic E-state index is 0.0655. The van der Waals surface area contributed by atoms with Gasteiger partial charge >= 0.3 is 5.97 Å². The number of unbranched alkanes of at least 4 members (excludes halogenated alkanes) is 1. The number of carbonyl (C=O) groups excluding carboxylic acids is 1. The van der Waals surface area contributed by atoms with E-state index in [1.54, 1.807) is 19.9 Å². The molecule has 0 saturated heterocycles. The second-order valence-electron chi connectivity index (χ2n) is 3.73. The summed E-state index contributed by atoms with van der Waals surface area (Å²) in [5.41, 5.74) is 0.515. The number of allylic oxidation sites excluding steroid dienone is 1. The molecule has 100 valence electrons. The van der Waals surface area contributed by atoms with Crippen LogP contribution in [0.15, 0.2) is 11.6 Å². The minimum Gasteiger partial charge on any atom is -0.459 e. The molecule has 0 spiro atoms. The first-order valence-corrected chi connectivity index (χ1v) is 5.78. The minimum atomic E-state index is -0.808. The molecule has 0 amide bonds. The van der Waals surface area contributed by atoms with Gasteiger partial charge in [0.05, 0.1) is 6.61 Å². The molecular weight excluding hydrogens is 224 g/mol. The Bertz CT molecular complexity index is 237. The summed E-state index contributed by atoms with van der Waals surface area (Å²) in [6.45, 7) is 4.10. The lowest BCUT2D eigenvalue weighted by Crippen LogP contribution is -2.24. The molecule has 0 aromatic carbocycles. The van der Waals surface area contributed by atoms with Gasteiger partial charge in [-0.05, 0) is 26.7 Å². The second kappa shape index (κ2) is 10.3. The van der Waals surface area contributed by atoms with E-state index < -0.39 is 12.1 Å². The number of hydrogen-bond donors (Lipinski definition) is 2. The summed E-state index contributed by atoms with van der Waals surface area (Å²) in [6, 6.07) is 0. The van der Waals surface area contributed by atoms with Gasteiger partial charge in [-0.25, -0.2) is 4.79 Å². The summed E-state index contributed by atoms with van der Waals surface area (Å²) < 4.78 is 10.0. The number of esters is 1. The summed E-state index contributed by atoms with van der Waals surface area (Å²) >= 11 is 0. The molecule has 5 nitrogen and oxygen atoms in total. The Morgan fingerprint density at radius 3 is 2.65 bits per heavy atom. The average Bonchev–Trinajstić information content (AvgIpc) is 2.34. The van der Waals surface area contributed by atoms with Crippen LogP contribution in [0.4, 0.5) is 0 Å². The van der Waals surface area contributed by atoms with Crippen LogP contribution in [0, 0.1) is 0 Å². The Morgan fingerprint density at radius 2 is 2.06 bits per heavy atom. The molecule has 0 aliphatic heterocycles. The smallest absolute Gasteiger partial charge is 0.333 e. The average molecular weight is 246 g/mol. The van der Waals surface area contributed by atoms with Gasteiger partial charge in [-0.1, -0.05) is 6.08 Å².